The average molecular weight is 410 g/mol. The van der Waals surface area contributed by atoms with E-state index in [1.54, 1.807) is 12.1 Å². The molecule has 1 aliphatic heterocycles. The lowest BCUT2D eigenvalue weighted by atomic mass is 9.86. The monoisotopic (exact) mass is 410 g/mol. The smallest absolute Gasteiger partial charge is 0.338 e. The summed E-state index contributed by atoms with van der Waals surface area (Å²) in [5, 5.41) is 0. The van der Waals surface area contributed by atoms with Gasteiger partial charge in [-0.05, 0) is 17.7 Å². The van der Waals surface area contributed by atoms with Crippen LogP contribution < -0.4 is 0 Å². The lowest BCUT2D eigenvalue weighted by Gasteiger charge is -2.23. The molecule has 0 unspecified atom stereocenters. The van der Waals surface area contributed by atoms with Crippen LogP contribution in [0.2, 0.25) is 0 Å². The Balaban J connectivity index is 2.01. The molecule has 4 rings (SSSR count). The van der Waals surface area contributed by atoms with Crippen molar-refractivity contribution in [2.75, 3.05) is 14.2 Å². The van der Waals surface area contributed by atoms with Gasteiger partial charge >= 0.3 is 11.9 Å². The van der Waals surface area contributed by atoms with Gasteiger partial charge in [-0.15, -0.1) is 0 Å². The Morgan fingerprint density at radius 1 is 0.900 bits per heavy atom. The molecule has 0 saturated carbocycles. The van der Waals surface area contributed by atoms with Crippen LogP contribution in [0.5, 0.6) is 0 Å². The van der Waals surface area contributed by atoms with Crippen molar-refractivity contribution in [2.24, 2.45) is 0 Å². The molecule has 0 bridgehead atoms. The Bertz CT molecular complexity index is 1100. The first-order chi connectivity index (χ1) is 14.4. The highest BCUT2D eigenvalue weighted by molar-refractivity contribution is 6.37. The van der Waals surface area contributed by atoms with E-state index in [-0.39, 0.29) is 22.3 Å². The van der Waals surface area contributed by atoms with E-state index in [1.165, 1.54) is 24.3 Å². The Hall–Kier alpha value is -3.65. The summed E-state index contributed by atoms with van der Waals surface area (Å²) in [6, 6.07) is 10.9. The van der Waals surface area contributed by atoms with Crippen molar-refractivity contribution in [3.05, 3.63) is 82.2 Å². The largest absolute Gasteiger partial charge is 0.466 e. The van der Waals surface area contributed by atoms with Crippen LogP contribution in [0, 0.1) is 5.82 Å². The molecular weight excluding hydrogens is 395 g/mol. The lowest BCUT2D eigenvalue weighted by molar-refractivity contribution is -0.139. The van der Waals surface area contributed by atoms with Gasteiger partial charge in [0.1, 0.15) is 11.9 Å². The zero-order valence-electron chi connectivity index (χ0n) is 15.9. The molecule has 30 heavy (non-hydrogen) atoms. The lowest BCUT2D eigenvalue weighted by Crippen LogP contribution is -2.46. The van der Waals surface area contributed by atoms with Crippen molar-refractivity contribution in [3.8, 4) is 0 Å². The summed E-state index contributed by atoms with van der Waals surface area (Å²) in [7, 11) is 2.14. The zero-order chi connectivity index (χ0) is 21.6. The van der Waals surface area contributed by atoms with Gasteiger partial charge in [0.25, 0.3) is 0 Å². The Morgan fingerprint density at radius 3 is 1.93 bits per heavy atom. The molecular formula is C22H15FO7. The SMILES string of the molecule is COC(=O)C1=C(C(=O)OC)C2(O[C@@H]1c1ccc(F)cc1)C(=O)c1ccccc1C2=O. The normalized spacial score (nSPS) is 19.2. The van der Waals surface area contributed by atoms with Crippen LogP contribution in [0.25, 0.3) is 0 Å². The third kappa shape index (κ3) is 2.54. The van der Waals surface area contributed by atoms with Crippen molar-refractivity contribution in [3.63, 3.8) is 0 Å². The van der Waals surface area contributed by atoms with Crippen LogP contribution >= 0.6 is 0 Å². The van der Waals surface area contributed by atoms with Crippen molar-refractivity contribution >= 4 is 23.5 Å². The second kappa shape index (κ2) is 7.00. The number of hydrogen-bond acceptors (Lipinski definition) is 7. The molecule has 2 aromatic rings. The number of hydrogen-bond donors (Lipinski definition) is 0. The Kier molecular flexibility index (Phi) is 4.58. The highest BCUT2D eigenvalue weighted by atomic mass is 19.1. The van der Waals surface area contributed by atoms with Gasteiger partial charge in [-0.2, -0.15) is 0 Å². The standard InChI is InChI=1S/C22H15FO7/c1-28-20(26)15-16(21(27)29-2)22(30-17(15)11-7-9-12(23)10-8-11)18(24)13-5-3-4-6-14(13)19(22)25/h3-10,17H,1-2H3/t17-/m1/s1. The molecule has 1 heterocycles. The van der Waals surface area contributed by atoms with Gasteiger partial charge in [-0.25, -0.2) is 14.0 Å². The predicted molar refractivity (Wildman–Crippen MR) is 99.1 cm³/mol. The van der Waals surface area contributed by atoms with Crippen molar-refractivity contribution in [2.45, 2.75) is 11.7 Å². The number of methoxy groups -OCH3 is 2. The zero-order valence-corrected chi connectivity index (χ0v) is 15.9. The van der Waals surface area contributed by atoms with E-state index in [0.717, 1.165) is 26.4 Å². The maximum atomic E-state index is 13.4. The van der Waals surface area contributed by atoms with Crippen LogP contribution in [-0.4, -0.2) is 43.3 Å². The number of ketones is 2. The third-order valence-electron chi connectivity index (χ3n) is 5.20. The van der Waals surface area contributed by atoms with Gasteiger partial charge in [0.15, 0.2) is 0 Å². The molecule has 0 aromatic heterocycles. The number of ether oxygens (including phenoxy) is 3. The van der Waals surface area contributed by atoms with E-state index in [9.17, 15) is 23.6 Å². The van der Waals surface area contributed by atoms with Crippen LogP contribution in [0.4, 0.5) is 4.39 Å². The first-order valence-electron chi connectivity index (χ1n) is 8.90. The van der Waals surface area contributed by atoms with E-state index in [4.69, 9.17) is 14.2 Å². The molecule has 8 heteroatoms. The fourth-order valence-electron chi connectivity index (χ4n) is 3.86. The van der Waals surface area contributed by atoms with Gasteiger partial charge in [0, 0.05) is 11.1 Å². The van der Waals surface area contributed by atoms with Crippen molar-refractivity contribution in [1.29, 1.82) is 0 Å². The molecule has 1 atom stereocenters. The summed E-state index contributed by atoms with van der Waals surface area (Å²) in [4.78, 5) is 52.1. The summed E-state index contributed by atoms with van der Waals surface area (Å²) in [6.07, 6.45) is -1.32. The molecule has 1 aliphatic carbocycles. The summed E-state index contributed by atoms with van der Waals surface area (Å²) < 4.78 is 28.9. The number of carbonyl (C=O) groups excluding carboxylic acids is 4. The number of carbonyl (C=O) groups is 4. The molecule has 7 nitrogen and oxygen atoms in total. The minimum absolute atomic E-state index is 0.0628. The van der Waals surface area contributed by atoms with E-state index < -0.39 is 46.6 Å². The molecule has 152 valence electrons. The van der Waals surface area contributed by atoms with Crippen molar-refractivity contribution < 1.29 is 37.8 Å². The Labute approximate surface area is 170 Å². The van der Waals surface area contributed by atoms with Crippen molar-refractivity contribution in [1.82, 2.24) is 0 Å². The summed E-state index contributed by atoms with van der Waals surface area (Å²) in [6.45, 7) is 0. The fraction of sp³-hybridized carbons (Fsp3) is 0.182. The number of esters is 2. The first kappa shape index (κ1) is 19.7. The van der Waals surface area contributed by atoms with Gasteiger partial charge in [-0.3, -0.25) is 9.59 Å². The van der Waals surface area contributed by atoms with Gasteiger partial charge in [0.2, 0.25) is 17.2 Å². The van der Waals surface area contributed by atoms with E-state index in [0.29, 0.717) is 0 Å². The van der Waals surface area contributed by atoms with Gasteiger partial charge in [-0.1, -0.05) is 36.4 Å². The van der Waals surface area contributed by atoms with E-state index >= 15 is 0 Å². The molecule has 0 N–H and O–H groups in total. The third-order valence-corrected chi connectivity index (χ3v) is 5.20. The average Bonchev–Trinajstić information content (AvgIpc) is 3.23. The van der Waals surface area contributed by atoms with Crippen LogP contribution in [0.1, 0.15) is 32.4 Å². The molecule has 1 spiro atoms. The number of benzene rings is 2. The van der Waals surface area contributed by atoms with Crippen LogP contribution in [0.15, 0.2) is 59.7 Å². The molecule has 2 aromatic carbocycles. The number of fused-ring (bicyclic) bond motifs is 1. The summed E-state index contributed by atoms with van der Waals surface area (Å²) in [5.74, 6) is -4.15. The van der Waals surface area contributed by atoms with E-state index in [2.05, 4.69) is 0 Å². The number of halogens is 1. The topological polar surface area (TPSA) is 96.0 Å². The van der Waals surface area contributed by atoms with Crippen LogP contribution in [0.3, 0.4) is 0 Å². The minimum Gasteiger partial charge on any atom is -0.466 e. The van der Waals surface area contributed by atoms with Gasteiger partial charge < -0.3 is 14.2 Å². The second-order valence-corrected chi connectivity index (χ2v) is 6.71. The fourth-order valence-corrected chi connectivity index (χ4v) is 3.86. The quantitative estimate of drug-likeness (QED) is 0.566. The highest BCUT2D eigenvalue weighted by Crippen LogP contribution is 2.51. The molecule has 2 aliphatic rings. The molecule has 0 amide bonds. The molecule has 0 saturated heterocycles. The van der Waals surface area contributed by atoms with Crippen LogP contribution in [-0.2, 0) is 23.8 Å². The number of Topliss-reactive ketones (excluding diaryl/α,β-unsaturated/α-hetero) is 2. The second-order valence-electron chi connectivity index (χ2n) is 6.71. The maximum Gasteiger partial charge on any atom is 0.338 e. The molecule has 0 fully saturated rings. The highest BCUT2D eigenvalue weighted by Gasteiger charge is 2.66. The summed E-state index contributed by atoms with van der Waals surface area (Å²) in [5.41, 5.74) is -2.88. The summed E-state index contributed by atoms with van der Waals surface area (Å²) >= 11 is 0. The molecule has 0 radical (unpaired) electrons. The predicted octanol–water partition coefficient (Wildman–Crippen LogP) is 2.36. The Morgan fingerprint density at radius 2 is 1.43 bits per heavy atom. The number of rotatable bonds is 3. The first-order valence-corrected chi connectivity index (χ1v) is 8.90. The minimum atomic E-state index is -2.39. The van der Waals surface area contributed by atoms with E-state index in [1.807, 2.05) is 0 Å². The maximum absolute atomic E-state index is 13.4. The van der Waals surface area contributed by atoms with Gasteiger partial charge in [0.05, 0.1) is 25.4 Å².